The van der Waals surface area contributed by atoms with Crippen LogP contribution in [0.3, 0.4) is 0 Å². The summed E-state index contributed by atoms with van der Waals surface area (Å²) in [6, 6.07) is 0.808. The van der Waals surface area contributed by atoms with Gasteiger partial charge >= 0.3 is 0 Å². The maximum Gasteiger partial charge on any atom is 0.0102 e. The average Bonchev–Trinajstić information content (AvgIpc) is 2.03. The summed E-state index contributed by atoms with van der Waals surface area (Å²) in [6.07, 6.45) is 4.99. The van der Waals surface area contributed by atoms with Crippen molar-refractivity contribution in [3.63, 3.8) is 0 Å². The highest BCUT2D eigenvalue weighted by Gasteiger charge is 2.18. The van der Waals surface area contributed by atoms with Crippen molar-refractivity contribution in [3.05, 3.63) is 0 Å². The van der Waals surface area contributed by atoms with E-state index in [1.165, 1.54) is 25.7 Å². The van der Waals surface area contributed by atoms with Crippen LogP contribution in [0.2, 0.25) is 0 Å². The Hall–Kier alpha value is 0.270. The first kappa shape index (κ1) is 10.4. The summed E-state index contributed by atoms with van der Waals surface area (Å²) in [5.41, 5.74) is 11.5. The minimum Gasteiger partial charge on any atom is -0.328 e. The predicted molar refractivity (Wildman–Crippen MR) is 56.3 cm³/mol. The predicted octanol–water partition coefficient (Wildman–Crippen LogP) is 1.34. The lowest BCUT2D eigenvalue weighted by atomic mass is 9.96. The topological polar surface area (TPSA) is 52.0 Å². The molecule has 0 aromatic carbocycles. The number of thioether (sulfide) groups is 1. The standard InChI is InChI=1S/C9H20N2S/c1-7(10)6-12-9-4-2-8(11)3-5-9/h7-9H,2-6,10-11H2,1H3. The van der Waals surface area contributed by atoms with Crippen molar-refractivity contribution in [2.45, 2.75) is 49.9 Å². The molecule has 0 heterocycles. The number of nitrogens with two attached hydrogens (primary N) is 2. The third-order valence-corrected chi connectivity index (χ3v) is 3.97. The molecule has 1 rings (SSSR count). The summed E-state index contributed by atoms with van der Waals surface area (Å²) >= 11 is 2.03. The first-order valence-corrected chi connectivity index (χ1v) is 5.86. The van der Waals surface area contributed by atoms with Gasteiger partial charge in [-0.2, -0.15) is 11.8 Å². The van der Waals surface area contributed by atoms with Crippen LogP contribution in [0.15, 0.2) is 0 Å². The Balaban J connectivity index is 2.09. The lowest BCUT2D eigenvalue weighted by Gasteiger charge is -2.25. The molecule has 0 saturated heterocycles. The van der Waals surface area contributed by atoms with Gasteiger partial charge in [-0.3, -0.25) is 0 Å². The molecule has 12 heavy (non-hydrogen) atoms. The van der Waals surface area contributed by atoms with E-state index < -0.39 is 0 Å². The van der Waals surface area contributed by atoms with Gasteiger partial charge in [0.15, 0.2) is 0 Å². The summed E-state index contributed by atoms with van der Waals surface area (Å²) in [7, 11) is 0. The molecule has 0 amide bonds. The number of hydrogen-bond acceptors (Lipinski definition) is 3. The fourth-order valence-electron chi connectivity index (χ4n) is 1.54. The van der Waals surface area contributed by atoms with Crippen LogP contribution in [0.5, 0.6) is 0 Å². The van der Waals surface area contributed by atoms with Crippen LogP contribution in [0.1, 0.15) is 32.6 Å². The molecule has 0 radical (unpaired) electrons. The van der Waals surface area contributed by atoms with Gasteiger partial charge in [-0.25, -0.2) is 0 Å². The van der Waals surface area contributed by atoms with E-state index in [1.807, 2.05) is 11.8 Å². The Morgan fingerprint density at radius 1 is 1.33 bits per heavy atom. The van der Waals surface area contributed by atoms with E-state index in [0.717, 1.165) is 11.0 Å². The van der Waals surface area contributed by atoms with Crippen LogP contribution in [-0.2, 0) is 0 Å². The molecular formula is C9H20N2S. The van der Waals surface area contributed by atoms with E-state index >= 15 is 0 Å². The van der Waals surface area contributed by atoms with Gasteiger partial charge in [-0.15, -0.1) is 0 Å². The van der Waals surface area contributed by atoms with Crippen LogP contribution in [-0.4, -0.2) is 23.1 Å². The van der Waals surface area contributed by atoms with Gasteiger partial charge in [0.05, 0.1) is 0 Å². The minimum atomic E-state index is 0.339. The molecule has 4 N–H and O–H groups in total. The molecule has 0 bridgehead atoms. The summed E-state index contributed by atoms with van der Waals surface area (Å²) in [5, 5.41) is 0.829. The van der Waals surface area contributed by atoms with Crippen LogP contribution < -0.4 is 11.5 Å². The highest BCUT2D eigenvalue weighted by Crippen LogP contribution is 2.27. The first-order valence-electron chi connectivity index (χ1n) is 4.81. The molecule has 3 heteroatoms. The summed E-state index contributed by atoms with van der Waals surface area (Å²) in [5.74, 6) is 1.10. The molecule has 0 aliphatic heterocycles. The Bertz CT molecular complexity index is 120. The lowest BCUT2D eigenvalue weighted by Crippen LogP contribution is -2.28. The third kappa shape index (κ3) is 3.78. The minimum absolute atomic E-state index is 0.339. The van der Waals surface area contributed by atoms with Crippen molar-refractivity contribution in [2.75, 3.05) is 5.75 Å². The largest absolute Gasteiger partial charge is 0.328 e. The molecule has 1 fully saturated rings. The second kappa shape index (κ2) is 5.10. The fraction of sp³-hybridized carbons (Fsp3) is 1.00. The Kier molecular flexibility index (Phi) is 4.40. The molecule has 1 atom stereocenters. The Labute approximate surface area is 79.5 Å². The monoisotopic (exact) mass is 188 g/mol. The van der Waals surface area contributed by atoms with Gasteiger partial charge in [0.25, 0.3) is 0 Å². The van der Waals surface area contributed by atoms with Crippen molar-refractivity contribution >= 4 is 11.8 Å². The average molecular weight is 188 g/mol. The van der Waals surface area contributed by atoms with E-state index in [0.29, 0.717) is 12.1 Å². The van der Waals surface area contributed by atoms with E-state index in [-0.39, 0.29) is 0 Å². The second-order valence-corrected chi connectivity index (χ2v) is 5.18. The van der Waals surface area contributed by atoms with Crippen LogP contribution in [0.25, 0.3) is 0 Å². The molecule has 1 aliphatic carbocycles. The zero-order valence-electron chi connectivity index (χ0n) is 7.83. The normalized spacial score (nSPS) is 33.2. The smallest absolute Gasteiger partial charge is 0.0102 e. The SMILES string of the molecule is CC(N)CSC1CCC(N)CC1. The quantitative estimate of drug-likeness (QED) is 0.702. The van der Waals surface area contributed by atoms with Crippen LogP contribution >= 0.6 is 11.8 Å². The van der Waals surface area contributed by atoms with Gasteiger partial charge in [-0.1, -0.05) is 0 Å². The van der Waals surface area contributed by atoms with Gasteiger partial charge in [-0.05, 0) is 32.6 Å². The Morgan fingerprint density at radius 2 is 1.92 bits per heavy atom. The zero-order chi connectivity index (χ0) is 8.97. The van der Waals surface area contributed by atoms with E-state index in [1.54, 1.807) is 0 Å². The van der Waals surface area contributed by atoms with Gasteiger partial charge < -0.3 is 11.5 Å². The lowest BCUT2D eigenvalue weighted by molar-refractivity contribution is 0.450. The number of hydrogen-bond donors (Lipinski definition) is 2. The van der Waals surface area contributed by atoms with E-state index in [9.17, 15) is 0 Å². The van der Waals surface area contributed by atoms with Crippen molar-refractivity contribution in [1.82, 2.24) is 0 Å². The molecule has 0 aromatic heterocycles. The first-order chi connectivity index (χ1) is 5.68. The summed E-state index contributed by atoms with van der Waals surface area (Å²) in [4.78, 5) is 0. The highest BCUT2D eigenvalue weighted by molar-refractivity contribution is 7.99. The molecule has 1 unspecified atom stereocenters. The maximum atomic E-state index is 5.82. The zero-order valence-corrected chi connectivity index (χ0v) is 8.65. The van der Waals surface area contributed by atoms with Crippen molar-refractivity contribution < 1.29 is 0 Å². The van der Waals surface area contributed by atoms with Crippen molar-refractivity contribution in [2.24, 2.45) is 11.5 Å². The van der Waals surface area contributed by atoms with Crippen LogP contribution in [0.4, 0.5) is 0 Å². The van der Waals surface area contributed by atoms with Crippen molar-refractivity contribution in [1.29, 1.82) is 0 Å². The Morgan fingerprint density at radius 3 is 2.42 bits per heavy atom. The molecule has 2 nitrogen and oxygen atoms in total. The molecule has 0 spiro atoms. The molecular weight excluding hydrogens is 168 g/mol. The van der Waals surface area contributed by atoms with Gasteiger partial charge in [0.1, 0.15) is 0 Å². The number of rotatable bonds is 3. The molecule has 1 saturated carbocycles. The molecule has 72 valence electrons. The van der Waals surface area contributed by atoms with Gasteiger partial charge in [0, 0.05) is 23.1 Å². The summed E-state index contributed by atoms with van der Waals surface area (Å²) in [6.45, 7) is 2.07. The van der Waals surface area contributed by atoms with Crippen molar-refractivity contribution in [3.8, 4) is 0 Å². The van der Waals surface area contributed by atoms with Crippen LogP contribution in [0, 0.1) is 0 Å². The summed E-state index contributed by atoms with van der Waals surface area (Å²) < 4.78 is 0. The second-order valence-electron chi connectivity index (χ2n) is 3.85. The molecule has 1 aliphatic rings. The van der Waals surface area contributed by atoms with E-state index in [4.69, 9.17) is 11.5 Å². The molecule has 0 aromatic rings. The highest BCUT2D eigenvalue weighted by atomic mass is 32.2. The maximum absolute atomic E-state index is 5.82. The third-order valence-electron chi connectivity index (χ3n) is 2.31. The van der Waals surface area contributed by atoms with Gasteiger partial charge in [0.2, 0.25) is 0 Å². The van der Waals surface area contributed by atoms with E-state index in [2.05, 4.69) is 6.92 Å². The fourth-order valence-corrected chi connectivity index (χ4v) is 2.72.